The van der Waals surface area contributed by atoms with E-state index in [2.05, 4.69) is 10.3 Å². The highest BCUT2D eigenvalue weighted by atomic mass is 32.1. The van der Waals surface area contributed by atoms with Crippen molar-refractivity contribution < 1.29 is 15.0 Å². The number of aromatic nitrogens is 1. The average Bonchev–Trinajstić information content (AvgIpc) is 2.83. The fraction of sp³-hybridized carbons (Fsp3) is 0. The summed E-state index contributed by atoms with van der Waals surface area (Å²) in [6.07, 6.45) is 0. The lowest BCUT2D eigenvalue weighted by Crippen LogP contribution is -2.11. The standard InChI is InChI=1S/C14H11N3O3S/c15-8-2-3-9-12(6-8)21-14(16-9)17-13(20)7-1-4-10(18)11(19)5-7/h1-6,18-19H,15H2,(H,16,17,20). The number of phenols is 2. The molecule has 0 fully saturated rings. The molecule has 6 nitrogen and oxygen atoms in total. The molecule has 0 saturated heterocycles. The lowest BCUT2D eigenvalue weighted by Gasteiger charge is -2.03. The van der Waals surface area contributed by atoms with Crippen LogP contribution < -0.4 is 11.1 Å². The fourth-order valence-corrected chi connectivity index (χ4v) is 2.74. The van der Waals surface area contributed by atoms with Gasteiger partial charge in [-0.2, -0.15) is 0 Å². The fourth-order valence-electron chi connectivity index (χ4n) is 1.83. The zero-order chi connectivity index (χ0) is 15.0. The minimum Gasteiger partial charge on any atom is -0.504 e. The van der Waals surface area contributed by atoms with Crippen molar-refractivity contribution in [3.63, 3.8) is 0 Å². The maximum absolute atomic E-state index is 12.1. The quantitative estimate of drug-likeness (QED) is 0.429. The summed E-state index contributed by atoms with van der Waals surface area (Å²) in [5.74, 6) is -1.04. The number of thiazole rings is 1. The monoisotopic (exact) mass is 301 g/mol. The number of aromatic hydroxyl groups is 2. The Balaban J connectivity index is 1.87. The molecule has 0 aliphatic carbocycles. The van der Waals surface area contributed by atoms with E-state index in [1.807, 2.05) is 0 Å². The number of anilines is 2. The van der Waals surface area contributed by atoms with Crippen molar-refractivity contribution in [1.82, 2.24) is 4.98 Å². The van der Waals surface area contributed by atoms with Crippen LogP contribution in [0.1, 0.15) is 10.4 Å². The zero-order valence-corrected chi connectivity index (χ0v) is 11.5. The highest BCUT2D eigenvalue weighted by molar-refractivity contribution is 7.22. The molecule has 0 aliphatic heterocycles. The third-order valence-corrected chi connectivity index (χ3v) is 3.80. The number of hydrogen-bond acceptors (Lipinski definition) is 6. The van der Waals surface area contributed by atoms with E-state index in [0.717, 1.165) is 10.2 Å². The number of amides is 1. The van der Waals surface area contributed by atoms with E-state index in [-0.39, 0.29) is 17.1 Å². The Hall–Kier alpha value is -2.80. The van der Waals surface area contributed by atoms with Gasteiger partial charge in [0.05, 0.1) is 10.2 Å². The first kappa shape index (κ1) is 13.2. The molecule has 1 amide bonds. The Morgan fingerprint density at radius 3 is 2.71 bits per heavy atom. The normalized spacial score (nSPS) is 10.7. The van der Waals surface area contributed by atoms with E-state index in [0.29, 0.717) is 10.8 Å². The number of nitrogens with zero attached hydrogens (tertiary/aromatic N) is 1. The van der Waals surface area contributed by atoms with E-state index >= 15 is 0 Å². The van der Waals surface area contributed by atoms with Gasteiger partial charge in [-0.1, -0.05) is 11.3 Å². The van der Waals surface area contributed by atoms with Gasteiger partial charge in [0.1, 0.15) is 0 Å². The van der Waals surface area contributed by atoms with Crippen molar-refractivity contribution in [2.75, 3.05) is 11.1 Å². The number of rotatable bonds is 2. The molecule has 0 saturated carbocycles. The van der Waals surface area contributed by atoms with Crippen molar-refractivity contribution in [2.45, 2.75) is 0 Å². The van der Waals surface area contributed by atoms with E-state index in [9.17, 15) is 15.0 Å². The van der Waals surface area contributed by atoms with Crippen LogP contribution in [0.4, 0.5) is 10.8 Å². The van der Waals surface area contributed by atoms with Crippen LogP contribution in [0.5, 0.6) is 11.5 Å². The van der Waals surface area contributed by atoms with E-state index in [4.69, 9.17) is 5.73 Å². The first-order valence-electron chi connectivity index (χ1n) is 6.02. The summed E-state index contributed by atoms with van der Waals surface area (Å²) in [5, 5.41) is 21.7. The Morgan fingerprint density at radius 1 is 1.14 bits per heavy atom. The summed E-state index contributed by atoms with van der Waals surface area (Å²) in [6.45, 7) is 0. The zero-order valence-electron chi connectivity index (χ0n) is 10.7. The molecule has 21 heavy (non-hydrogen) atoms. The van der Waals surface area contributed by atoms with Gasteiger partial charge in [0.2, 0.25) is 0 Å². The molecule has 7 heteroatoms. The van der Waals surface area contributed by atoms with E-state index in [1.54, 1.807) is 18.2 Å². The predicted octanol–water partition coefficient (Wildman–Crippen LogP) is 2.54. The third-order valence-electron chi connectivity index (χ3n) is 2.87. The summed E-state index contributed by atoms with van der Waals surface area (Å²) in [5.41, 5.74) is 7.30. The molecule has 2 aromatic carbocycles. The van der Waals surface area contributed by atoms with Crippen LogP contribution in [0.25, 0.3) is 10.2 Å². The number of nitrogens with two attached hydrogens (primary N) is 1. The van der Waals surface area contributed by atoms with Crippen molar-refractivity contribution >= 4 is 38.3 Å². The van der Waals surface area contributed by atoms with E-state index < -0.39 is 5.91 Å². The van der Waals surface area contributed by atoms with Crippen LogP contribution in [0, 0.1) is 0 Å². The van der Waals surface area contributed by atoms with Gasteiger partial charge in [-0.25, -0.2) is 4.98 Å². The van der Waals surface area contributed by atoms with Crippen molar-refractivity contribution in [2.24, 2.45) is 0 Å². The number of fused-ring (bicyclic) bond motifs is 1. The van der Waals surface area contributed by atoms with Crippen LogP contribution in [0.15, 0.2) is 36.4 Å². The Morgan fingerprint density at radius 2 is 1.95 bits per heavy atom. The minimum absolute atomic E-state index is 0.226. The molecule has 0 radical (unpaired) electrons. The lowest BCUT2D eigenvalue weighted by atomic mass is 10.2. The first-order chi connectivity index (χ1) is 10.0. The van der Waals surface area contributed by atoms with Gasteiger partial charge in [0.25, 0.3) is 5.91 Å². The van der Waals surface area contributed by atoms with Crippen LogP contribution in [-0.2, 0) is 0 Å². The van der Waals surface area contributed by atoms with Crippen molar-refractivity contribution in [1.29, 1.82) is 0 Å². The molecule has 1 heterocycles. The topological polar surface area (TPSA) is 108 Å². The van der Waals surface area contributed by atoms with Gasteiger partial charge in [-0.3, -0.25) is 10.1 Å². The van der Waals surface area contributed by atoms with Gasteiger partial charge >= 0.3 is 0 Å². The van der Waals surface area contributed by atoms with Gasteiger partial charge in [0, 0.05) is 11.3 Å². The largest absolute Gasteiger partial charge is 0.504 e. The average molecular weight is 301 g/mol. The molecule has 1 aromatic heterocycles. The lowest BCUT2D eigenvalue weighted by molar-refractivity contribution is 0.102. The summed E-state index contributed by atoms with van der Waals surface area (Å²) in [4.78, 5) is 16.3. The van der Waals surface area contributed by atoms with E-state index in [1.165, 1.54) is 29.5 Å². The summed E-state index contributed by atoms with van der Waals surface area (Å²) in [6, 6.07) is 9.17. The maximum Gasteiger partial charge on any atom is 0.257 e. The highest BCUT2D eigenvalue weighted by Crippen LogP contribution is 2.29. The molecule has 0 unspecified atom stereocenters. The Kier molecular flexibility index (Phi) is 3.11. The van der Waals surface area contributed by atoms with Gasteiger partial charge in [0.15, 0.2) is 16.6 Å². The summed E-state index contributed by atoms with van der Waals surface area (Å²) >= 11 is 1.31. The van der Waals surface area contributed by atoms with Gasteiger partial charge < -0.3 is 15.9 Å². The second-order valence-corrected chi connectivity index (χ2v) is 5.43. The molecule has 106 valence electrons. The molecule has 0 spiro atoms. The molecule has 0 atom stereocenters. The number of nitrogen functional groups attached to an aromatic ring is 1. The van der Waals surface area contributed by atoms with Gasteiger partial charge in [-0.15, -0.1) is 0 Å². The van der Waals surface area contributed by atoms with Crippen molar-refractivity contribution in [3.05, 3.63) is 42.0 Å². The Bertz CT molecular complexity index is 845. The molecule has 0 bridgehead atoms. The molecular weight excluding hydrogens is 290 g/mol. The summed E-state index contributed by atoms with van der Waals surface area (Å²) < 4.78 is 0.874. The number of benzene rings is 2. The van der Waals surface area contributed by atoms with Crippen LogP contribution >= 0.6 is 11.3 Å². The smallest absolute Gasteiger partial charge is 0.257 e. The molecule has 3 rings (SSSR count). The highest BCUT2D eigenvalue weighted by Gasteiger charge is 2.12. The van der Waals surface area contributed by atoms with Crippen LogP contribution in [0.2, 0.25) is 0 Å². The second-order valence-electron chi connectivity index (χ2n) is 4.40. The number of carbonyl (C=O) groups excluding carboxylic acids is 1. The number of carbonyl (C=O) groups is 1. The molecule has 3 aromatic rings. The van der Waals surface area contributed by atoms with Gasteiger partial charge in [-0.05, 0) is 36.4 Å². The number of hydrogen-bond donors (Lipinski definition) is 4. The molecule has 5 N–H and O–H groups in total. The Labute approximate surface area is 123 Å². The summed E-state index contributed by atoms with van der Waals surface area (Å²) in [7, 11) is 0. The minimum atomic E-state index is -0.419. The maximum atomic E-state index is 12.1. The van der Waals surface area contributed by atoms with Crippen molar-refractivity contribution in [3.8, 4) is 11.5 Å². The third kappa shape index (κ3) is 2.59. The second kappa shape index (κ2) is 4.95. The SMILES string of the molecule is Nc1ccc2nc(NC(=O)c3ccc(O)c(O)c3)sc2c1. The van der Waals surface area contributed by atoms with Crippen LogP contribution in [0.3, 0.4) is 0 Å². The van der Waals surface area contributed by atoms with Crippen LogP contribution in [-0.4, -0.2) is 21.1 Å². The molecular formula is C14H11N3O3S. The number of phenolic OH excluding ortho intramolecular Hbond substituents is 2. The first-order valence-corrected chi connectivity index (χ1v) is 6.84. The predicted molar refractivity (Wildman–Crippen MR) is 81.8 cm³/mol. The number of nitrogens with one attached hydrogen (secondary N) is 1. The molecule has 0 aliphatic rings.